The van der Waals surface area contributed by atoms with Gasteiger partial charge in [0.05, 0.1) is 11.2 Å². The molecule has 0 unspecified atom stereocenters. The van der Waals surface area contributed by atoms with Crippen molar-refractivity contribution in [2.45, 2.75) is 65.9 Å². The molecule has 0 atom stereocenters. The largest absolute Gasteiger partial charge is 0.440 e. The first-order valence-corrected chi connectivity index (χ1v) is 8.43. The van der Waals surface area contributed by atoms with Crippen molar-refractivity contribution in [3.05, 3.63) is 22.9 Å². The van der Waals surface area contributed by atoms with Crippen LogP contribution in [0.1, 0.15) is 63.4 Å². The molecule has 23 heavy (non-hydrogen) atoms. The molecule has 0 saturated heterocycles. The molecular weight excluding hydrogens is 292 g/mol. The van der Waals surface area contributed by atoms with E-state index >= 15 is 0 Å². The van der Waals surface area contributed by atoms with Crippen molar-refractivity contribution in [2.24, 2.45) is 0 Å². The molecule has 2 heterocycles. The highest BCUT2D eigenvalue weighted by molar-refractivity contribution is 5.98. The molecule has 5 nitrogen and oxygen atoms in total. The molecule has 2 aromatic heterocycles. The zero-order valence-corrected chi connectivity index (χ0v) is 14.5. The van der Waals surface area contributed by atoms with Gasteiger partial charge in [-0.05, 0) is 19.8 Å². The summed E-state index contributed by atoms with van der Waals surface area (Å²) in [5.41, 5.74) is 3.46. The molecule has 3 rings (SSSR count). The lowest BCUT2D eigenvalue weighted by molar-refractivity contribution is 0.0302. The van der Waals surface area contributed by atoms with Gasteiger partial charge in [0, 0.05) is 18.4 Å². The molecule has 1 N–H and O–H groups in total. The van der Waals surface area contributed by atoms with Crippen LogP contribution in [0, 0.1) is 6.92 Å². The summed E-state index contributed by atoms with van der Waals surface area (Å²) < 4.78 is 11.9. The molecule has 0 aliphatic carbocycles. The van der Waals surface area contributed by atoms with Crippen LogP contribution in [0.4, 0.5) is 0 Å². The Bertz CT molecular complexity index is 797. The van der Waals surface area contributed by atoms with E-state index < -0.39 is 5.60 Å². The summed E-state index contributed by atoms with van der Waals surface area (Å²) in [6.07, 6.45) is 2.57. The number of hydrogen-bond donors (Lipinski definition) is 1. The summed E-state index contributed by atoms with van der Waals surface area (Å²) in [5, 5.41) is 11.2. The maximum atomic E-state index is 11.2. The van der Waals surface area contributed by atoms with E-state index in [4.69, 9.17) is 8.83 Å². The average molecular weight is 316 g/mol. The van der Waals surface area contributed by atoms with Crippen molar-refractivity contribution < 1.29 is 13.9 Å². The Morgan fingerprint density at radius 3 is 1.91 bits per heavy atom. The molecule has 0 fully saturated rings. The van der Waals surface area contributed by atoms with Crippen LogP contribution in [-0.2, 0) is 18.4 Å². The summed E-state index contributed by atoms with van der Waals surface area (Å²) in [6.45, 7) is 9.92. The standard InChI is InChI=1S/C18H24N2O3/c1-6-11-19-14-10(5)16-15(20-12(7-2)22-16)13(17(14)23-11)18(21,8-3)9-4/h21H,6-9H2,1-5H3. The van der Waals surface area contributed by atoms with E-state index in [1.165, 1.54) is 0 Å². The summed E-state index contributed by atoms with van der Waals surface area (Å²) in [6, 6.07) is 0. The van der Waals surface area contributed by atoms with Crippen LogP contribution in [0.5, 0.6) is 0 Å². The molecular formula is C18H24N2O3. The Morgan fingerprint density at radius 1 is 0.870 bits per heavy atom. The molecule has 5 heteroatoms. The summed E-state index contributed by atoms with van der Waals surface area (Å²) in [5.74, 6) is 1.34. The highest BCUT2D eigenvalue weighted by Gasteiger charge is 2.34. The third-order valence-corrected chi connectivity index (χ3v) is 4.74. The van der Waals surface area contributed by atoms with E-state index in [9.17, 15) is 5.11 Å². The maximum absolute atomic E-state index is 11.2. The van der Waals surface area contributed by atoms with Gasteiger partial charge in [0.25, 0.3) is 0 Å². The van der Waals surface area contributed by atoms with Gasteiger partial charge >= 0.3 is 0 Å². The van der Waals surface area contributed by atoms with Gasteiger partial charge in [0.15, 0.2) is 22.9 Å². The molecule has 0 bridgehead atoms. The fourth-order valence-corrected chi connectivity index (χ4v) is 3.13. The zero-order valence-electron chi connectivity index (χ0n) is 14.5. The zero-order chi connectivity index (χ0) is 16.8. The Kier molecular flexibility index (Phi) is 3.92. The van der Waals surface area contributed by atoms with E-state index in [-0.39, 0.29) is 0 Å². The minimum absolute atomic E-state index is 0.577. The SMILES string of the molecule is CCc1nc2c(C(O)(CC)CC)c3oc(CC)nc3c(C)c2o1. The van der Waals surface area contributed by atoms with E-state index in [0.29, 0.717) is 59.7 Å². The Hall–Kier alpha value is -1.88. The lowest BCUT2D eigenvalue weighted by Gasteiger charge is -2.26. The van der Waals surface area contributed by atoms with E-state index in [0.717, 1.165) is 11.1 Å². The van der Waals surface area contributed by atoms with Crippen LogP contribution < -0.4 is 0 Å². The number of nitrogens with zero attached hydrogens (tertiary/aromatic N) is 2. The number of aromatic nitrogens is 2. The number of benzene rings is 1. The number of fused-ring (bicyclic) bond motifs is 2. The predicted octanol–water partition coefficient (Wildman–Crippen LogP) is 4.41. The lowest BCUT2D eigenvalue weighted by atomic mass is 9.86. The van der Waals surface area contributed by atoms with Crippen molar-refractivity contribution in [3.8, 4) is 0 Å². The van der Waals surface area contributed by atoms with Crippen molar-refractivity contribution in [2.75, 3.05) is 0 Å². The first kappa shape index (κ1) is 16.0. The van der Waals surface area contributed by atoms with Gasteiger partial charge in [0.2, 0.25) is 0 Å². The van der Waals surface area contributed by atoms with Crippen LogP contribution in [0.25, 0.3) is 22.2 Å². The van der Waals surface area contributed by atoms with Gasteiger partial charge in [-0.25, -0.2) is 9.97 Å². The van der Waals surface area contributed by atoms with Gasteiger partial charge in [0.1, 0.15) is 11.0 Å². The summed E-state index contributed by atoms with van der Waals surface area (Å²) in [4.78, 5) is 9.22. The Morgan fingerprint density at radius 2 is 1.39 bits per heavy atom. The van der Waals surface area contributed by atoms with Crippen LogP contribution in [0.15, 0.2) is 8.83 Å². The maximum Gasteiger partial charge on any atom is 0.195 e. The quantitative estimate of drug-likeness (QED) is 0.755. The molecule has 0 spiro atoms. The molecule has 0 saturated carbocycles. The predicted molar refractivity (Wildman–Crippen MR) is 89.5 cm³/mol. The highest BCUT2D eigenvalue weighted by Crippen LogP contribution is 2.41. The second kappa shape index (κ2) is 5.64. The molecule has 1 aromatic carbocycles. The molecule has 124 valence electrons. The number of oxazole rings is 2. The fraction of sp³-hybridized carbons (Fsp3) is 0.556. The third-order valence-electron chi connectivity index (χ3n) is 4.74. The first-order valence-electron chi connectivity index (χ1n) is 8.43. The van der Waals surface area contributed by atoms with Crippen molar-refractivity contribution in [3.63, 3.8) is 0 Å². The van der Waals surface area contributed by atoms with Crippen LogP contribution in [-0.4, -0.2) is 15.1 Å². The van der Waals surface area contributed by atoms with E-state index in [2.05, 4.69) is 9.97 Å². The normalized spacial score (nSPS) is 12.6. The molecule has 3 aromatic rings. The van der Waals surface area contributed by atoms with E-state index in [1.54, 1.807) is 0 Å². The van der Waals surface area contributed by atoms with Crippen LogP contribution >= 0.6 is 0 Å². The third kappa shape index (κ3) is 2.26. The van der Waals surface area contributed by atoms with Crippen molar-refractivity contribution in [1.82, 2.24) is 9.97 Å². The average Bonchev–Trinajstić information content (AvgIpc) is 3.18. The highest BCUT2D eigenvalue weighted by atomic mass is 16.4. The monoisotopic (exact) mass is 316 g/mol. The van der Waals surface area contributed by atoms with Gasteiger partial charge in [-0.2, -0.15) is 0 Å². The lowest BCUT2D eigenvalue weighted by Crippen LogP contribution is -2.24. The number of aryl methyl sites for hydroxylation is 3. The summed E-state index contributed by atoms with van der Waals surface area (Å²) >= 11 is 0. The van der Waals surface area contributed by atoms with Crippen LogP contribution in [0.2, 0.25) is 0 Å². The fourth-order valence-electron chi connectivity index (χ4n) is 3.13. The minimum Gasteiger partial charge on any atom is -0.440 e. The van der Waals surface area contributed by atoms with Gasteiger partial charge in [-0.3, -0.25) is 0 Å². The minimum atomic E-state index is -1.00. The second-order valence-corrected chi connectivity index (χ2v) is 6.02. The smallest absolute Gasteiger partial charge is 0.195 e. The first-order chi connectivity index (χ1) is 11.0. The van der Waals surface area contributed by atoms with Gasteiger partial charge in [-0.1, -0.05) is 27.7 Å². The van der Waals surface area contributed by atoms with Crippen LogP contribution in [0.3, 0.4) is 0 Å². The number of aliphatic hydroxyl groups is 1. The number of hydrogen-bond acceptors (Lipinski definition) is 5. The summed E-state index contributed by atoms with van der Waals surface area (Å²) in [7, 11) is 0. The topological polar surface area (TPSA) is 72.3 Å². The molecule has 0 amide bonds. The molecule has 0 aliphatic heterocycles. The van der Waals surface area contributed by atoms with Crippen molar-refractivity contribution in [1.29, 1.82) is 0 Å². The van der Waals surface area contributed by atoms with Gasteiger partial charge in [-0.15, -0.1) is 0 Å². The molecule has 0 radical (unpaired) electrons. The Balaban J connectivity index is 2.51. The van der Waals surface area contributed by atoms with Crippen molar-refractivity contribution >= 4 is 22.2 Å². The molecule has 0 aliphatic rings. The Labute approximate surface area is 135 Å². The second-order valence-electron chi connectivity index (χ2n) is 6.02. The number of rotatable bonds is 5. The van der Waals surface area contributed by atoms with Gasteiger partial charge < -0.3 is 13.9 Å². The van der Waals surface area contributed by atoms with E-state index in [1.807, 2.05) is 34.6 Å².